The predicted octanol–water partition coefficient (Wildman–Crippen LogP) is 4.66. The molecule has 0 unspecified atom stereocenters. The molecule has 4 heteroatoms. The van der Waals surface area contributed by atoms with Crippen molar-refractivity contribution < 1.29 is 9.15 Å². The zero-order chi connectivity index (χ0) is 16.4. The number of benzene rings is 3. The fourth-order valence-corrected chi connectivity index (χ4v) is 2.47. The van der Waals surface area contributed by atoms with Gasteiger partial charge in [-0.1, -0.05) is 24.3 Å². The van der Waals surface area contributed by atoms with Gasteiger partial charge in [-0.05, 0) is 54.1 Å². The highest BCUT2D eigenvalue weighted by Gasteiger charge is 2.07. The van der Waals surface area contributed by atoms with Crippen molar-refractivity contribution in [3.8, 4) is 17.2 Å². The molecule has 0 saturated heterocycles. The lowest BCUT2D eigenvalue weighted by atomic mass is 10.2. The van der Waals surface area contributed by atoms with Gasteiger partial charge in [0, 0.05) is 11.3 Å². The number of hydrogen-bond donors (Lipinski definition) is 1. The van der Waals surface area contributed by atoms with Crippen molar-refractivity contribution in [1.29, 1.82) is 0 Å². The lowest BCUT2D eigenvalue weighted by Crippen LogP contribution is -1.95. The molecule has 4 aromatic rings. The molecule has 1 heterocycles. The highest BCUT2D eigenvalue weighted by atomic mass is 16.5. The van der Waals surface area contributed by atoms with Crippen LogP contribution >= 0.6 is 0 Å². The van der Waals surface area contributed by atoms with Crippen molar-refractivity contribution in [2.24, 2.45) is 0 Å². The molecule has 1 aromatic heterocycles. The van der Waals surface area contributed by atoms with Crippen molar-refractivity contribution >= 4 is 16.8 Å². The van der Waals surface area contributed by atoms with Gasteiger partial charge in [-0.3, -0.25) is 0 Å². The summed E-state index contributed by atoms with van der Waals surface area (Å²) in [6, 6.07) is 23.1. The first-order valence-corrected chi connectivity index (χ1v) is 7.71. The number of nitrogens with two attached hydrogens (primary N) is 1. The maximum absolute atomic E-state index is 5.79. The fraction of sp³-hybridized carbons (Fsp3) is 0.0500. The molecule has 0 radical (unpaired) electrons. The van der Waals surface area contributed by atoms with Gasteiger partial charge >= 0.3 is 0 Å². The summed E-state index contributed by atoms with van der Waals surface area (Å²) in [4.78, 5) is 4.50. The Hall–Kier alpha value is -3.27. The normalized spacial score (nSPS) is 10.8. The summed E-state index contributed by atoms with van der Waals surface area (Å²) in [7, 11) is 0. The number of rotatable bonds is 4. The van der Waals surface area contributed by atoms with Crippen LogP contribution in [0, 0.1) is 0 Å². The SMILES string of the molecule is Nc1ccc(COc2ccc(-c3nc4ccccc4o3)cc2)cc1. The van der Waals surface area contributed by atoms with Gasteiger partial charge in [-0.15, -0.1) is 0 Å². The molecule has 0 spiro atoms. The number of nitrogen functional groups attached to an aromatic ring is 1. The molecule has 2 N–H and O–H groups in total. The Balaban J connectivity index is 1.48. The van der Waals surface area contributed by atoms with E-state index in [0.717, 1.165) is 33.7 Å². The molecule has 0 aliphatic heterocycles. The van der Waals surface area contributed by atoms with E-state index in [1.165, 1.54) is 0 Å². The molecule has 0 bridgehead atoms. The molecular weight excluding hydrogens is 300 g/mol. The monoisotopic (exact) mass is 316 g/mol. The molecule has 0 amide bonds. The van der Waals surface area contributed by atoms with Crippen molar-refractivity contribution in [2.45, 2.75) is 6.61 Å². The minimum atomic E-state index is 0.502. The number of aromatic nitrogens is 1. The Morgan fingerprint density at radius 3 is 2.38 bits per heavy atom. The summed E-state index contributed by atoms with van der Waals surface area (Å²) in [5, 5.41) is 0. The third kappa shape index (κ3) is 2.94. The molecule has 0 atom stereocenters. The van der Waals surface area contributed by atoms with Crippen molar-refractivity contribution in [3.63, 3.8) is 0 Å². The van der Waals surface area contributed by atoms with Crippen LogP contribution in [-0.2, 0) is 6.61 Å². The van der Waals surface area contributed by atoms with E-state index >= 15 is 0 Å². The van der Waals surface area contributed by atoms with Crippen molar-refractivity contribution in [3.05, 3.63) is 78.4 Å². The highest BCUT2D eigenvalue weighted by Crippen LogP contribution is 2.26. The zero-order valence-corrected chi connectivity index (χ0v) is 13.0. The van der Waals surface area contributed by atoms with Gasteiger partial charge in [0.1, 0.15) is 17.9 Å². The van der Waals surface area contributed by atoms with Crippen molar-refractivity contribution in [1.82, 2.24) is 4.98 Å². The number of para-hydroxylation sites is 2. The van der Waals surface area contributed by atoms with E-state index in [1.807, 2.05) is 72.8 Å². The molecule has 0 aliphatic rings. The second-order valence-corrected chi connectivity index (χ2v) is 5.54. The Morgan fingerprint density at radius 1 is 0.875 bits per heavy atom. The van der Waals surface area contributed by atoms with Crippen LogP contribution in [0.4, 0.5) is 5.69 Å². The van der Waals surface area contributed by atoms with E-state index in [1.54, 1.807) is 0 Å². The second-order valence-electron chi connectivity index (χ2n) is 5.54. The molecule has 0 aliphatic carbocycles. The zero-order valence-electron chi connectivity index (χ0n) is 13.0. The average molecular weight is 316 g/mol. The number of ether oxygens (including phenoxy) is 1. The summed E-state index contributed by atoms with van der Waals surface area (Å²) in [5.74, 6) is 1.41. The van der Waals surface area contributed by atoms with Gasteiger partial charge in [-0.25, -0.2) is 4.98 Å². The molecule has 4 nitrogen and oxygen atoms in total. The van der Waals surface area contributed by atoms with E-state index in [0.29, 0.717) is 12.5 Å². The van der Waals surface area contributed by atoms with Crippen LogP contribution in [0.1, 0.15) is 5.56 Å². The Bertz CT molecular complexity index is 924. The van der Waals surface area contributed by atoms with E-state index < -0.39 is 0 Å². The molecule has 0 saturated carbocycles. The maximum Gasteiger partial charge on any atom is 0.227 e. The van der Waals surface area contributed by atoms with Gasteiger partial charge in [0.2, 0.25) is 5.89 Å². The topological polar surface area (TPSA) is 61.3 Å². The number of anilines is 1. The van der Waals surface area contributed by atoms with Crippen LogP contribution in [-0.4, -0.2) is 4.98 Å². The first kappa shape index (κ1) is 14.3. The second kappa shape index (κ2) is 6.08. The number of nitrogens with zero attached hydrogens (tertiary/aromatic N) is 1. The van der Waals surface area contributed by atoms with Gasteiger partial charge in [0.25, 0.3) is 0 Å². The lowest BCUT2D eigenvalue weighted by molar-refractivity contribution is 0.306. The molecular formula is C20H16N2O2. The number of hydrogen-bond acceptors (Lipinski definition) is 4. The summed E-state index contributed by atoms with van der Waals surface area (Å²) in [6.45, 7) is 0.502. The van der Waals surface area contributed by atoms with Crippen LogP contribution in [0.25, 0.3) is 22.6 Å². The van der Waals surface area contributed by atoms with Gasteiger partial charge in [0.15, 0.2) is 5.58 Å². The smallest absolute Gasteiger partial charge is 0.227 e. The fourth-order valence-electron chi connectivity index (χ4n) is 2.47. The summed E-state index contributed by atoms with van der Waals surface area (Å²) in [6.07, 6.45) is 0. The van der Waals surface area contributed by atoms with Gasteiger partial charge in [-0.2, -0.15) is 0 Å². The van der Waals surface area contributed by atoms with Gasteiger partial charge in [0.05, 0.1) is 0 Å². The van der Waals surface area contributed by atoms with E-state index in [-0.39, 0.29) is 0 Å². The van der Waals surface area contributed by atoms with Crippen LogP contribution in [0.2, 0.25) is 0 Å². The standard InChI is InChI=1S/C20H16N2O2/c21-16-9-5-14(6-10-16)13-23-17-11-7-15(8-12-17)20-22-18-3-1-2-4-19(18)24-20/h1-12H,13,21H2. The first-order chi connectivity index (χ1) is 11.8. The minimum Gasteiger partial charge on any atom is -0.489 e. The van der Waals surface area contributed by atoms with Crippen LogP contribution < -0.4 is 10.5 Å². The number of fused-ring (bicyclic) bond motifs is 1. The lowest BCUT2D eigenvalue weighted by Gasteiger charge is -2.07. The summed E-state index contributed by atoms with van der Waals surface area (Å²) in [5.41, 5.74) is 10.1. The summed E-state index contributed by atoms with van der Waals surface area (Å²) < 4.78 is 11.6. The Labute approximate surface area is 139 Å². The van der Waals surface area contributed by atoms with E-state index in [4.69, 9.17) is 14.9 Å². The summed E-state index contributed by atoms with van der Waals surface area (Å²) >= 11 is 0. The van der Waals surface area contributed by atoms with Crippen LogP contribution in [0.15, 0.2) is 77.2 Å². The molecule has 3 aromatic carbocycles. The van der Waals surface area contributed by atoms with Crippen molar-refractivity contribution in [2.75, 3.05) is 5.73 Å². The Kier molecular flexibility index (Phi) is 3.63. The molecule has 118 valence electrons. The third-order valence-electron chi connectivity index (χ3n) is 3.78. The minimum absolute atomic E-state index is 0.502. The quantitative estimate of drug-likeness (QED) is 0.556. The third-order valence-corrected chi connectivity index (χ3v) is 3.78. The Morgan fingerprint density at radius 2 is 1.62 bits per heavy atom. The van der Waals surface area contributed by atoms with Gasteiger partial charge < -0.3 is 14.9 Å². The number of oxazole rings is 1. The predicted molar refractivity (Wildman–Crippen MR) is 94.6 cm³/mol. The average Bonchev–Trinajstić information content (AvgIpc) is 3.06. The van der Waals surface area contributed by atoms with E-state index in [2.05, 4.69) is 4.98 Å². The van der Waals surface area contributed by atoms with Crippen LogP contribution in [0.3, 0.4) is 0 Å². The maximum atomic E-state index is 5.79. The molecule has 4 rings (SSSR count). The molecule has 24 heavy (non-hydrogen) atoms. The first-order valence-electron chi connectivity index (χ1n) is 7.71. The largest absolute Gasteiger partial charge is 0.489 e. The highest BCUT2D eigenvalue weighted by molar-refractivity contribution is 5.76. The van der Waals surface area contributed by atoms with Crippen LogP contribution in [0.5, 0.6) is 5.75 Å². The molecule has 0 fully saturated rings. The van der Waals surface area contributed by atoms with E-state index in [9.17, 15) is 0 Å².